The van der Waals surface area contributed by atoms with Gasteiger partial charge < -0.3 is 29.9 Å². The van der Waals surface area contributed by atoms with Crippen LogP contribution in [0.4, 0.5) is 0 Å². The smallest absolute Gasteiger partial charge is 0.307 e. The van der Waals surface area contributed by atoms with Crippen LogP contribution < -0.4 is 0 Å². The Morgan fingerprint density at radius 2 is 1.88 bits per heavy atom. The number of rotatable bonds is 3. The highest BCUT2D eigenvalue weighted by Gasteiger charge is 2.45. The number of carbonyl (C=O) groups excluding carboxylic acids is 1. The minimum absolute atomic E-state index is 0.0923. The Kier molecular flexibility index (Phi) is 4.63. The summed E-state index contributed by atoms with van der Waals surface area (Å²) in [7, 11) is 0. The van der Waals surface area contributed by atoms with E-state index in [0.29, 0.717) is 0 Å². The highest BCUT2D eigenvalue weighted by Crippen LogP contribution is 2.22. The highest BCUT2D eigenvalue weighted by molar-refractivity contribution is 5.69. The Morgan fingerprint density at radius 1 is 1.25 bits per heavy atom. The molecule has 1 saturated heterocycles. The lowest BCUT2D eigenvalue weighted by Crippen LogP contribution is -2.59. The molecule has 16 heavy (non-hydrogen) atoms. The van der Waals surface area contributed by atoms with Crippen LogP contribution in [-0.2, 0) is 14.3 Å². The first kappa shape index (κ1) is 13.3. The van der Waals surface area contributed by atoms with Crippen LogP contribution in [0.3, 0.4) is 0 Å². The average Bonchev–Trinajstić information content (AvgIpc) is 2.29. The summed E-state index contributed by atoms with van der Waals surface area (Å²) in [5, 5.41) is 37.1. The van der Waals surface area contributed by atoms with Gasteiger partial charge >= 0.3 is 5.97 Å². The van der Waals surface area contributed by atoms with Gasteiger partial charge in [0.05, 0.1) is 6.61 Å². The number of hydrogen-bond acceptors (Lipinski definition) is 7. The van der Waals surface area contributed by atoms with E-state index < -0.39 is 43.3 Å². The second-order valence-electron chi connectivity index (χ2n) is 3.54. The summed E-state index contributed by atoms with van der Waals surface area (Å²) in [4.78, 5) is 11.0. The molecule has 1 rings (SSSR count). The van der Waals surface area contributed by atoms with Crippen LogP contribution in [0.15, 0.2) is 0 Å². The normalized spacial score (nSPS) is 39.4. The van der Waals surface area contributed by atoms with Crippen molar-refractivity contribution < 1.29 is 34.7 Å². The average molecular weight is 236 g/mol. The molecule has 0 aromatic carbocycles. The second-order valence-corrected chi connectivity index (χ2v) is 3.54. The fraction of sp³-hybridized carbons (Fsp3) is 0.889. The maximum atomic E-state index is 11.0. The Bertz CT molecular complexity index is 242. The van der Waals surface area contributed by atoms with Gasteiger partial charge in [0.1, 0.15) is 24.4 Å². The van der Waals surface area contributed by atoms with Gasteiger partial charge in [-0.2, -0.15) is 0 Å². The highest BCUT2D eigenvalue weighted by atomic mass is 16.7. The van der Waals surface area contributed by atoms with E-state index in [2.05, 4.69) is 0 Å². The lowest BCUT2D eigenvalue weighted by atomic mass is 9.99. The standard InChI is InChI=1S/C9H16O7/c1-2-5(11)16-9-8(14)7(13)6(12)4(3-10)15-9/h4,6-10,12-14H,2-3H2,1H3/t4-,6-,7+,8-,9+/m1/s1. The molecule has 7 nitrogen and oxygen atoms in total. The van der Waals surface area contributed by atoms with E-state index in [-0.39, 0.29) is 6.42 Å². The van der Waals surface area contributed by atoms with Crippen LogP contribution in [0.5, 0.6) is 0 Å². The van der Waals surface area contributed by atoms with E-state index in [1.54, 1.807) is 6.92 Å². The van der Waals surface area contributed by atoms with E-state index in [0.717, 1.165) is 0 Å². The van der Waals surface area contributed by atoms with Gasteiger partial charge in [0.2, 0.25) is 6.29 Å². The maximum Gasteiger partial charge on any atom is 0.307 e. The van der Waals surface area contributed by atoms with Crippen molar-refractivity contribution in [2.45, 2.75) is 44.1 Å². The summed E-state index contributed by atoms with van der Waals surface area (Å²) in [6.07, 6.45) is -6.85. The maximum absolute atomic E-state index is 11.0. The molecule has 1 heterocycles. The third kappa shape index (κ3) is 2.69. The zero-order valence-corrected chi connectivity index (χ0v) is 8.81. The van der Waals surface area contributed by atoms with Gasteiger partial charge in [0, 0.05) is 6.42 Å². The van der Waals surface area contributed by atoms with E-state index in [1.807, 2.05) is 0 Å². The summed E-state index contributed by atoms with van der Waals surface area (Å²) < 4.78 is 9.66. The third-order valence-corrected chi connectivity index (χ3v) is 2.38. The van der Waals surface area contributed by atoms with Gasteiger partial charge in [0.25, 0.3) is 0 Å². The Hall–Kier alpha value is -0.730. The number of hydrogen-bond donors (Lipinski definition) is 4. The molecule has 0 aliphatic carbocycles. The van der Waals surface area contributed by atoms with E-state index in [9.17, 15) is 20.1 Å². The van der Waals surface area contributed by atoms with Crippen molar-refractivity contribution in [2.75, 3.05) is 6.61 Å². The largest absolute Gasteiger partial charge is 0.433 e. The molecular formula is C9H16O7. The zero-order valence-electron chi connectivity index (χ0n) is 8.81. The van der Waals surface area contributed by atoms with Crippen LogP contribution in [0.25, 0.3) is 0 Å². The molecule has 0 aromatic heterocycles. The molecule has 0 amide bonds. The summed E-state index contributed by atoms with van der Waals surface area (Å²) in [6, 6.07) is 0. The summed E-state index contributed by atoms with van der Waals surface area (Å²) in [5.74, 6) is -0.607. The first-order valence-electron chi connectivity index (χ1n) is 5.01. The monoisotopic (exact) mass is 236 g/mol. The van der Waals surface area contributed by atoms with Gasteiger partial charge in [-0.3, -0.25) is 4.79 Å². The third-order valence-electron chi connectivity index (χ3n) is 2.38. The number of esters is 1. The van der Waals surface area contributed by atoms with Crippen molar-refractivity contribution in [1.82, 2.24) is 0 Å². The summed E-state index contributed by atoms with van der Waals surface area (Å²) in [5.41, 5.74) is 0. The molecule has 0 spiro atoms. The number of carbonyl (C=O) groups is 1. The molecular weight excluding hydrogens is 220 g/mol. The van der Waals surface area contributed by atoms with Crippen molar-refractivity contribution in [1.29, 1.82) is 0 Å². The van der Waals surface area contributed by atoms with Crippen molar-refractivity contribution in [3.8, 4) is 0 Å². The fourth-order valence-electron chi connectivity index (χ4n) is 1.38. The topological polar surface area (TPSA) is 116 Å². The van der Waals surface area contributed by atoms with E-state index >= 15 is 0 Å². The summed E-state index contributed by atoms with van der Waals surface area (Å²) in [6.45, 7) is 1.01. The Morgan fingerprint density at radius 3 is 2.38 bits per heavy atom. The van der Waals surface area contributed by atoms with Crippen molar-refractivity contribution in [2.24, 2.45) is 0 Å². The quantitative estimate of drug-likeness (QED) is 0.408. The fourth-order valence-corrected chi connectivity index (χ4v) is 1.38. The molecule has 1 fully saturated rings. The first-order chi connectivity index (χ1) is 7.51. The minimum Gasteiger partial charge on any atom is -0.433 e. The Balaban J connectivity index is 2.67. The Labute approximate surface area is 92.2 Å². The molecule has 0 unspecified atom stereocenters. The van der Waals surface area contributed by atoms with Gasteiger partial charge in [-0.15, -0.1) is 0 Å². The lowest BCUT2D eigenvalue weighted by Gasteiger charge is -2.39. The van der Waals surface area contributed by atoms with Crippen LogP contribution in [0.2, 0.25) is 0 Å². The molecule has 0 saturated carbocycles. The molecule has 4 N–H and O–H groups in total. The molecule has 94 valence electrons. The van der Waals surface area contributed by atoms with Gasteiger partial charge in [-0.05, 0) is 0 Å². The molecule has 5 atom stereocenters. The molecule has 1 aliphatic heterocycles. The number of ether oxygens (including phenoxy) is 2. The van der Waals surface area contributed by atoms with Crippen molar-refractivity contribution in [3.63, 3.8) is 0 Å². The molecule has 0 radical (unpaired) electrons. The van der Waals surface area contributed by atoms with Crippen LogP contribution in [0, 0.1) is 0 Å². The van der Waals surface area contributed by atoms with Crippen molar-refractivity contribution >= 4 is 5.97 Å². The molecule has 0 aromatic rings. The first-order valence-corrected chi connectivity index (χ1v) is 5.01. The zero-order chi connectivity index (χ0) is 12.3. The van der Waals surface area contributed by atoms with E-state index in [1.165, 1.54) is 0 Å². The number of aliphatic hydroxyl groups excluding tert-OH is 4. The predicted octanol–water partition coefficient (Wildman–Crippen LogP) is -2.26. The summed E-state index contributed by atoms with van der Waals surface area (Å²) >= 11 is 0. The van der Waals surface area contributed by atoms with Crippen molar-refractivity contribution in [3.05, 3.63) is 0 Å². The van der Waals surface area contributed by atoms with Gasteiger partial charge in [0.15, 0.2) is 0 Å². The SMILES string of the molecule is CCC(=O)O[C@@H]1O[C@H](CO)[C@@H](O)[C@H](O)[C@H]1O. The number of aliphatic hydroxyl groups is 4. The van der Waals surface area contributed by atoms with Gasteiger partial charge in [-0.25, -0.2) is 0 Å². The van der Waals surface area contributed by atoms with Crippen LogP contribution >= 0.6 is 0 Å². The van der Waals surface area contributed by atoms with Crippen LogP contribution in [-0.4, -0.2) is 63.7 Å². The predicted molar refractivity (Wildman–Crippen MR) is 50.2 cm³/mol. The minimum atomic E-state index is -1.53. The van der Waals surface area contributed by atoms with Crippen LogP contribution in [0.1, 0.15) is 13.3 Å². The molecule has 0 bridgehead atoms. The molecule has 1 aliphatic rings. The lowest BCUT2D eigenvalue weighted by molar-refractivity contribution is -0.292. The van der Waals surface area contributed by atoms with E-state index in [4.69, 9.17) is 14.6 Å². The molecule has 7 heteroatoms. The van der Waals surface area contributed by atoms with Gasteiger partial charge in [-0.1, -0.05) is 6.92 Å². The second kappa shape index (κ2) is 5.55.